The summed E-state index contributed by atoms with van der Waals surface area (Å²) in [7, 11) is 0. The zero-order chi connectivity index (χ0) is 11.4. The van der Waals surface area contributed by atoms with Crippen LogP contribution in [0.5, 0.6) is 0 Å². The second kappa shape index (κ2) is 5.92. The summed E-state index contributed by atoms with van der Waals surface area (Å²) < 4.78 is 0. The molecule has 0 aromatic rings. The van der Waals surface area contributed by atoms with E-state index in [9.17, 15) is 0 Å². The maximum absolute atomic E-state index is 5.52. The number of nitrogens with zero attached hydrogens (tertiary/aromatic N) is 2. The van der Waals surface area contributed by atoms with Gasteiger partial charge in [-0.3, -0.25) is 10.0 Å². The minimum absolute atomic E-state index is 1.06. The van der Waals surface area contributed by atoms with Gasteiger partial charge in [0.05, 0.1) is 9.98 Å². The number of rotatable bonds is 1. The molecule has 2 nitrogen and oxygen atoms in total. The highest BCUT2D eigenvalue weighted by Gasteiger charge is 2.23. The van der Waals surface area contributed by atoms with E-state index in [-0.39, 0.29) is 0 Å². The Labute approximate surface area is 109 Å². The van der Waals surface area contributed by atoms with Crippen LogP contribution >= 0.6 is 24.4 Å². The van der Waals surface area contributed by atoms with Crippen molar-refractivity contribution < 1.29 is 0 Å². The zero-order valence-electron chi connectivity index (χ0n) is 9.78. The minimum Gasteiger partial charge on any atom is -0.278 e. The molecule has 2 saturated heterocycles. The Balaban J connectivity index is 2.07. The summed E-state index contributed by atoms with van der Waals surface area (Å²) in [6.45, 7) is 2.14. The normalized spacial score (nSPS) is 24.2. The van der Waals surface area contributed by atoms with Crippen LogP contribution in [0.4, 0.5) is 0 Å². The molecule has 2 aliphatic heterocycles. The van der Waals surface area contributed by atoms with Gasteiger partial charge in [-0.05, 0) is 38.5 Å². The van der Waals surface area contributed by atoms with E-state index in [2.05, 4.69) is 10.0 Å². The largest absolute Gasteiger partial charge is 0.278 e. The first-order valence-corrected chi connectivity index (χ1v) is 7.21. The topological polar surface area (TPSA) is 6.48 Å². The first-order valence-electron chi connectivity index (χ1n) is 6.40. The number of hydrazine groups is 1. The molecule has 0 spiro atoms. The van der Waals surface area contributed by atoms with Gasteiger partial charge < -0.3 is 0 Å². The molecule has 90 valence electrons. The highest BCUT2D eigenvalue weighted by molar-refractivity contribution is 7.80. The van der Waals surface area contributed by atoms with Crippen LogP contribution in [-0.4, -0.2) is 33.1 Å². The Morgan fingerprint density at radius 3 is 1.50 bits per heavy atom. The summed E-state index contributed by atoms with van der Waals surface area (Å²) in [6.07, 6.45) is 9.72. The van der Waals surface area contributed by atoms with Gasteiger partial charge in [-0.1, -0.05) is 37.3 Å². The molecule has 4 heteroatoms. The van der Waals surface area contributed by atoms with E-state index in [0.717, 1.165) is 35.9 Å². The lowest BCUT2D eigenvalue weighted by Crippen LogP contribution is -2.48. The van der Waals surface area contributed by atoms with Crippen LogP contribution in [0.25, 0.3) is 0 Å². The third kappa shape index (κ3) is 2.92. The molecule has 0 aromatic carbocycles. The number of hydrogen-bond acceptors (Lipinski definition) is 2. The molecule has 2 aliphatic rings. The fourth-order valence-corrected chi connectivity index (χ4v) is 3.12. The van der Waals surface area contributed by atoms with Crippen LogP contribution in [0, 0.1) is 0 Å². The molecule has 0 atom stereocenters. The highest BCUT2D eigenvalue weighted by atomic mass is 32.1. The van der Waals surface area contributed by atoms with E-state index >= 15 is 0 Å². The van der Waals surface area contributed by atoms with Crippen molar-refractivity contribution >= 4 is 34.4 Å². The average Bonchev–Trinajstić information content (AvgIpc) is 2.59. The van der Waals surface area contributed by atoms with E-state index < -0.39 is 0 Å². The van der Waals surface area contributed by atoms with Gasteiger partial charge in [0.15, 0.2) is 0 Å². The number of thiocarbonyl (C=S) groups is 2. The van der Waals surface area contributed by atoms with Gasteiger partial charge in [0.1, 0.15) is 0 Å². The van der Waals surface area contributed by atoms with Crippen LogP contribution in [0.1, 0.15) is 51.4 Å². The Hall–Kier alpha value is -0.220. The van der Waals surface area contributed by atoms with Crippen molar-refractivity contribution in [1.29, 1.82) is 0 Å². The van der Waals surface area contributed by atoms with Crippen molar-refractivity contribution in [2.45, 2.75) is 51.4 Å². The van der Waals surface area contributed by atoms with Crippen LogP contribution < -0.4 is 0 Å². The molecular weight excluding hydrogens is 236 g/mol. The van der Waals surface area contributed by atoms with Crippen molar-refractivity contribution in [3.8, 4) is 0 Å². The molecule has 16 heavy (non-hydrogen) atoms. The van der Waals surface area contributed by atoms with Gasteiger partial charge >= 0.3 is 0 Å². The molecule has 0 amide bonds. The maximum Gasteiger partial charge on any atom is 0.0974 e. The lowest BCUT2D eigenvalue weighted by molar-refractivity contribution is 0.136. The molecule has 2 heterocycles. The molecule has 2 fully saturated rings. The van der Waals surface area contributed by atoms with E-state index in [0.29, 0.717) is 0 Å². The second-order valence-electron chi connectivity index (χ2n) is 4.66. The second-order valence-corrected chi connectivity index (χ2v) is 5.60. The van der Waals surface area contributed by atoms with Gasteiger partial charge in [-0.2, -0.15) is 0 Å². The average molecular weight is 256 g/mol. The molecular formula is C12H20N2S2. The Morgan fingerprint density at radius 2 is 1.06 bits per heavy atom. The number of hydrogen-bond donors (Lipinski definition) is 0. The first kappa shape index (κ1) is 12.2. The summed E-state index contributed by atoms with van der Waals surface area (Å²) in [5.74, 6) is 0. The van der Waals surface area contributed by atoms with E-state index in [4.69, 9.17) is 24.4 Å². The minimum atomic E-state index is 1.06. The molecule has 0 aliphatic carbocycles. The van der Waals surface area contributed by atoms with Crippen LogP contribution in [0.3, 0.4) is 0 Å². The third-order valence-electron chi connectivity index (χ3n) is 3.39. The Kier molecular flexibility index (Phi) is 4.53. The smallest absolute Gasteiger partial charge is 0.0974 e. The molecule has 0 bridgehead atoms. The van der Waals surface area contributed by atoms with Crippen molar-refractivity contribution in [3.63, 3.8) is 0 Å². The van der Waals surface area contributed by atoms with Gasteiger partial charge in [0, 0.05) is 13.1 Å². The lowest BCUT2D eigenvalue weighted by atomic mass is 10.2. The first-order chi connectivity index (χ1) is 7.79. The van der Waals surface area contributed by atoms with Crippen molar-refractivity contribution in [2.75, 3.05) is 13.1 Å². The SMILES string of the molecule is S=C1CCCCCN1N1CCCCCC1=S. The van der Waals surface area contributed by atoms with E-state index in [1.807, 2.05) is 0 Å². The van der Waals surface area contributed by atoms with Gasteiger partial charge in [0.2, 0.25) is 0 Å². The maximum atomic E-state index is 5.52. The molecule has 0 radical (unpaired) electrons. The van der Waals surface area contributed by atoms with Crippen LogP contribution in [0.2, 0.25) is 0 Å². The highest BCUT2D eigenvalue weighted by Crippen LogP contribution is 2.20. The van der Waals surface area contributed by atoms with E-state index in [1.54, 1.807) is 0 Å². The van der Waals surface area contributed by atoms with Crippen molar-refractivity contribution in [3.05, 3.63) is 0 Å². The standard InChI is InChI=1S/C12H20N2S2/c15-11-7-3-1-5-9-13(11)14-10-6-2-4-8-12(14)16/h1-10H2. The van der Waals surface area contributed by atoms with Gasteiger partial charge in [0.25, 0.3) is 0 Å². The fourth-order valence-electron chi connectivity index (χ4n) is 2.45. The molecule has 0 aromatic heterocycles. The van der Waals surface area contributed by atoms with Gasteiger partial charge in [-0.15, -0.1) is 0 Å². The molecule has 2 rings (SSSR count). The van der Waals surface area contributed by atoms with Gasteiger partial charge in [-0.25, -0.2) is 0 Å². The zero-order valence-corrected chi connectivity index (χ0v) is 11.4. The van der Waals surface area contributed by atoms with Crippen molar-refractivity contribution in [1.82, 2.24) is 10.0 Å². The summed E-state index contributed by atoms with van der Waals surface area (Å²) in [5.41, 5.74) is 0. The Morgan fingerprint density at radius 1 is 0.625 bits per heavy atom. The fraction of sp³-hybridized carbons (Fsp3) is 0.833. The Bertz CT molecular complexity index is 250. The lowest BCUT2D eigenvalue weighted by Gasteiger charge is -2.37. The predicted octanol–water partition coefficient (Wildman–Crippen LogP) is 3.31. The van der Waals surface area contributed by atoms with E-state index in [1.165, 1.54) is 38.5 Å². The molecule has 0 saturated carbocycles. The predicted molar refractivity (Wildman–Crippen MR) is 75.5 cm³/mol. The van der Waals surface area contributed by atoms with Crippen LogP contribution in [-0.2, 0) is 0 Å². The summed E-state index contributed by atoms with van der Waals surface area (Å²) >= 11 is 11.0. The monoisotopic (exact) mass is 256 g/mol. The molecule has 0 N–H and O–H groups in total. The van der Waals surface area contributed by atoms with Crippen LogP contribution in [0.15, 0.2) is 0 Å². The third-order valence-corrected chi connectivity index (χ3v) is 4.22. The summed E-state index contributed by atoms with van der Waals surface area (Å²) in [4.78, 5) is 2.20. The molecule has 0 unspecified atom stereocenters. The van der Waals surface area contributed by atoms with Crippen molar-refractivity contribution in [2.24, 2.45) is 0 Å². The summed E-state index contributed by atoms with van der Waals surface area (Å²) in [5, 5.41) is 4.58. The quantitative estimate of drug-likeness (QED) is 0.664. The summed E-state index contributed by atoms with van der Waals surface area (Å²) in [6, 6.07) is 0.